The van der Waals surface area contributed by atoms with Crippen LogP contribution in [0.2, 0.25) is 5.02 Å². The molecule has 1 aliphatic heterocycles. The zero-order chi connectivity index (χ0) is 14.3. The second kappa shape index (κ2) is 5.24. The van der Waals surface area contributed by atoms with Gasteiger partial charge in [-0.05, 0) is 36.7 Å². The number of aromatic nitrogens is 1. The van der Waals surface area contributed by atoms with Crippen molar-refractivity contribution in [2.75, 3.05) is 20.2 Å². The van der Waals surface area contributed by atoms with E-state index in [1.165, 1.54) is 0 Å². The van der Waals surface area contributed by atoms with Crippen molar-refractivity contribution in [1.82, 2.24) is 9.88 Å². The van der Waals surface area contributed by atoms with Gasteiger partial charge in [-0.1, -0.05) is 24.6 Å². The summed E-state index contributed by atoms with van der Waals surface area (Å²) in [5, 5.41) is 11.6. The lowest BCUT2D eigenvalue weighted by atomic mass is 9.89. The predicted molar refractivity (Wildman–Crippen MR) is 84.0 cm³/mol. The molecule has 1 aromatic heterocycles. The van der Waals surface area contributed by atoms with Crippen molar-refractivity contribution >= 4 is 28.1 Å². The standard InChI is InChI=1S/C16H19ClN2O/c1-10-5-13(15(9-20)19(2)8-10)14-7-12(17)6-11-3-4-18-16(11)14/h3-7,10,15,18,20H,8-9H2,1-2H3. The van der Waals surface area contributed by atoms with E-state index in [9.17, 15) is 5.11 Å². The van der Waals surface area contributed by atoms with Crippen molar-refractivity contribution in [2.45, 2.75) is 13.0 Å². The summed E-state index contributed by atoms with van der Waals surface area (Å²) in [4.78, 5) is 5.49. The number of benzene rings is 1. The molecule has 0 aliphatic carbocycles. The van der Waals surface area contributed by atoms with E-state index in [-0.39, 0.29) is 12.6 Å². The summed E-state index contributed by atoms with van der Waals surface area (Å²) in [6.07, 6.45) is 4.18. The monoisotopic (exact) mass is 290 g/mol. The van der Waals surface area contributed by atoms with Gasteiger partial charge in [-0.25, -0.2) is 0 Å². The van der Waals surface area contributed by atoms with E-state index in [0.717, 1.165) is 33.6 Å². The van der Waals surface area contributed by atoms with Crippen LogP contribution in [0.5, 0.6) is 0 Å². The molecule has 2 atom stereocenters. The second-order valence-electron chi connectivity index (χ2n) is 5.63. The van der Waals surface area contributed by atoms with Gasteiger partial charge < -0.3 is 10.1 Å². The quantitative estimate of drug-likeness (QED) is 0.892. The smallest absolute Gasteiger partial charge is 0.0628 e. The number of nitrogens with zero attached hydrogens (tertiary/aromatic N) is 1. The summed E-state index contributed by atoms with van der Waals surface area (Å²) >= 11 is 6.25. The predicted octanol–water partition coefficient (Wildman–Crippen LogP) is 3.15. The first kappa shape index (κ1) is 13.7. The van der Waals surface area contributed by atoms with Crippen LogP contribution in [-0.4, -0.2) is 41.2 Å². The molecule has 0 radical (unpaired) electrons. The maximum absolute atomic E-state index is 9.75. The highest BCUT2D eigenvalue weighted by molar-refractivity contribution is 6.31. The van der Waals surface area contributed by atoms with Crippen LogP contribution in [0.25, 0.3) is 16.5 Å². The fourth-order valence-electron chi connectivity index (χ4n) is 3.16. The van der Waals surface area contributed by atoms with Crippen LogP contribution in [0.4, 0.5) is 0 Å². The average molecular weight is 291 g/mol. The summed E-state index contributed by atoms with van der Waals surface area (Å²) in [5.74, 6) is 0.460. The molecule has 3 rings (SSSR count). The third-order valence-corrected chi connectivity index (χ3v) is 4.26. The van der Waals surface area contributed by atoms with Crippen LogP contribution in [0.1, 0.15) is 12.5 Å². The topological polar surface area (TPSA) is 39.3 Å². The van der Waals surface area contributed by atoms with E-state index < -0.39 is 0 Å². The van der Waals surface area contributed by atoms with Gasteiger partial charge in [0.15, 0.2) is 0 Å². The van der Waals surface area contributed by atoms with E-state index in [4.69, 9.17) is 11.6 Å². The fraction of sp³-hybridized carbons (Fsp3) is 0.375. The van der Waals surface area contributed by atoms with E-state index >= 15 is 0 Å². The van der Waals surface area contributed by atoms with Crippen LogP contribution in [0.3, 0.4) is 0 Å². The molecule has 2 heterocycles. The minimum absolute atomic E-state index is 0.0242. The first-order valence-corrected chi connectivity index (χ1v) is 7.27. The van der Waals surface area contributed by atoms with Gasteiger partial charge in [0.1, 0.15) is 0 Å². The van der Waals surface area contributed by atoms with Crippen LogP contribution in [-0.2, 0) is 0 Å². The lowest BCUT2D eigenvalue weighted by Crippen LogP contribution is -2.41. The van der Waals surface area contributed by atoms with Crippen molar-refractivity contribution in [3.05, 3.63) is 41.1 Å². The zero-order valence-electron chi connectivity index (χ0n) is 11.7. The molecule has 2 unspecified atom stereocenters. The highest BCUT2D eigenvalue weighted by Gasteiger charge is 2.27. The highest BCUT2D eigenvalue weighted by Crippen LogP contribution is 2.34. The molecule has 0 fully saturated rings. The molecule has 0 saturated carbocycles. The molecule has 2 N–H and O–H groups in total. The number of H-pyrrole nitrogens is 1. The Morgan fingerprint density at radius 3 is 3.00 bits per heavy atom. The number of hydrogen-bond donors (Lipinski definition) is 2. The van der Waals surface area contributed by atoms with Crippen LogP contribution in [0, 0.1) is 5.92 Å². The number of aliphatic hydroxyl groups is 1. The van der Waals surface area contributed by atoms with E-state index in [2.05, 4.69) is 29.9 Å². The first-order valence-electron chi connectivity index (χ1n) is 6.90. The molecular weight excluding hydrogens is 272 g/mol. The zero-order valence-corrected chi connectivity index (χ0v) is 12.5. The number of aromatic amines is 1. The number of rotatable bonds is 2. The molecule has 1 aliphatic rings. The largest absolute Gasteiger partial charge is 0.394 e. The number of nitrogens with one attached hydrogen (secondary N) is 1. The van der Waals surface area contributed by atoms with Gasteiger partial charge in [-0.15, -0.1) is 0 Å². The Labute approximate surface area is 123 Å². The maximum atomic E-state index is 9.75. The first-order chi connectivity index (χ1) is 9.60. The second-order valence-corrected chi connectivity index (χ2v) is 6.07. The molecule has 1 aromatic carbocycles. The van der Waals surface area contributed by atoms with Gasteiger partial charge in [0.05, 0.1) is 18.2 Å². The van der Waals surface area contributed by atoms with E-state index in [0.29, 0.717) is 5.92 Å². The highest BCUT2D eigenvalue weighted by atomic mass is 35.5. The van der Waals surface area contributed by atoms with Gasteiger partial charge in [-0.2, -0.15) is 0 Å². The van der Waals surface area contributed by atoms with Crippen LogP contribution >= 0.6 is 11.6 Å². The molecule has 0 spiro atoms. The minimum atomic E-state index is 0.0242. The number of hydrogen-bond acceptors (Lipinski definition) is 2. The average Bonchev–Trinajstić information content (AvgIpc) is 2.84. The molecule has 0 bridgehead atoms. The Morgan fingerprint density at radius 2 is 2.25 bits per heavy atom. The fourth-order valence-corrected chi connectivity index (χ4v) is 3.39. The van der Waals surface area contributed by atoms with Gasteiger partial charge in [0.25, 0.3) is 0 Å². The molecular formula is C16H19ClN2O. The van der Waals surface area contributed by atoms with Crippen molar-refractivity contribution in [2.24, 2.45) is 5.92 Å². The number of aliphatic hydroxyl groups excluding tert-OH is 1. The number of fused-ring (bicyclic) bond motifs is 1. The van der Waals surface area contributed by atoms with Crippen molar-refractivity contribution in [3.63, 3.8) is 0 Å². The normalized spacial score (nSPS) is 24.1. The van der Waals surface area contributed by atoms with Crippen molar-refractivity contribution in [3.8, 4) is 0 Å². The van der Waals surface area contributed by atoms with Crippen molar-refractivity contribution < 1.29 is 5.11 Å². The number of halogens is 1. The SMILES string of the molecule is CC1C=C(c2cc(Cl)cc3cc[nH]c23)C(CO)N(C)C1. The molecule has 3 nitrogen and oxygen atoms in total. The van der Waals surface area contributed by atoms with E-state index in [1.807, 2.05) is 24.4 Å². The molecule has 2 aromatic rings. The Kier molecular flexibility index (Phi) is 3.59. The third kappa shape index (κ3) is 2.26. The number of likely N-dealkylation sites (N-methyl/N-ethyl adjacent to an activating group) is 1. The summed E-state index contributed by atoms with van der Waals surface area (Å²) < 4.78 is 0. The molecule has 0 saturated heterocycles. The van der Waals surface area contributed by atoms with Gasteiger partial charge in [0, 0.05) is 28.7 Å². The third-order valence-electron chi connectivity index (χ3n) is 4.04. The Morgan fingerprint density at radius 1 is 1.45 bits per heavy atom. The Hall–Kier alpha value is -1.29. The van der Waals surface area contributed by atoms with E-state index in [1.54, 1.807) is 0 Å². The summed E-state index contributed by atoms with van der Waals surface area (Å²) in [6, 6.07) is 5.99. The lowest BCUT2D eigenvalue weighted by molar-refractivity contribution is 0.167. The van der Waals surface area contributed by atoms with Crippen LogP contribution < -0.4 is 0 Å². The maximum Gasteiger partial charge on any atom is 0.0628 e. The Bertz CT molecular complexity index is 662. The Balaban J connectivity index is 2.20. The van der Waals surface area contributed by atoms with Gasteiger partial charge in [0.2, 0.25) is 0 Å². The molecule has 106 valence electrons. The van der Waals surface area contributed by atoms with Crippen molar-refractivity contribution in [1.29, 1.82) is 0 Å². The lowest BCUT2D eigenvalue weighted by Gasteiger charge is -2.35. The van der Waals surface area contributed by atoms with Crippen LogP contribution in [0.15, 0.2) is 30.5 Å². The molecule has 4 heteroatoms. The van der Waals surface area contributed by atoms with Gasteiger partial charge >= 0.3 is 0 Å². The minimum Gasteiger partial charge on any atom is -0.394 e. The summed E-state index contributed by atoms with van der Waals surface area (Å²) in [5.41, 5.74) is 3.33. The summed E-state index contributed by atoms with van der Waals surface area (Å²) in [6.45, 7) is 3.27. The molecule has 0 amide bonds. The summed E-state index contributed by atoms with van der Waals surface area (Å²) in [7, 11) is 2.06. The van der Waals surface area contributed by atoms with Gasteiger partial charge in [-0.3, -0.25) is 4.90 Å². The molecule has 20 heavy (non-hydrogen) atoms.